The fraction of sp³-hybridized carbons (Fsp3) is 0.765. The van der Waals surface area contributed by atoms with Gasteiger partial charge in [0, 0.05) is 11.1 Å². The average Bonchev–Trinajstić information content (AvgIpc) is 3.18. The number of amides is 3. The number of imide groups is 1. The van der Waals surface area contributed by atoms with Gasteiger partial charge in [0.2, 0.25) is 11.8 Å². The van der Waals surface area contributed by atoms with Crippen LogP contribution in [-0.4, -0.2) is 34.9 Å². The highest BCUT2D eigenvalue weighted by molar-refractivity contribution is 6.10. The monoisotopic (exact) mass is 317 g/mol. The Balaban J connectivity index is 1.41. The number of hydrogen-bond acceptors (Lipinski definition) is 4. The molecule has 3 saturated carbocycles. The highest BCUT2D eigenvalue weighted by Crippen LogP contribution is 2.63. The van der Waals surface area contributed by atoms with Crippen LogP contribution in [0.2, 0.25) is 0 Å². The van der Waals surface area contributed by atoms with E-state index in [2.05, 4.69) is 31.3 Å². The molecule has 4 fully saturated rings. The van der Waals surface area contributed by atoms with Gasteiger partial charge in [0.05, 0.1) is 11.8 Å². The topological polar surface area (TPSA) is 78.8 Å². The summed E-state index contributed by atoms with van der Waals surface area (Å²) >= 11 is 0. The first kappa shape index (κ1) is 14.8. The first-order valence-electron chi connectivity index (χ1n) is 8.47. The number of hydrazone groups is 1. The van der Waals surface area contributed by atoms with E-state index in [1.165, 1.54) is 6.42 Å². The largest absolute Gasteiger partial charge is 0.274 e. The first-order valence-corrected chi connectivity index (χ1v) is 8.47. The Labute approximate surface area is 135 Å². The van der Waals surface area contributed by atoms with Crippen LogP contribution in [0.25, 0.3) is 0 Å². The van der Waals surface area contributed by atoms with Gasteiger partial charge < -0.3 is 0 Å². The Morgan fingerprint density at radius 3 is 2.43 bits per heavy atom. The van der Waals surface area contributed by atoms with Crippen LogP contribution < -0.4 is 5.43 Å². The lowest BCUT2D eigenvalue weighted by Crippen LogP contribution is -2.41. The van der Waals surface area contributed by atoms with Gasteiger partial charge in [-0.1, -0.05) is 20.8 Å². The van der Waals surface area contributed by atoms with Gasteiger partial charge in [0.15, 0.2) is 0 Å². The summed E-state index contributed by atoms with van der Waals surface area (Å²) < 4.78 is 0. The van der Waals surface area contributed by atoms with Crippen molar-refractivity contribution < 1.29 is 14.4 Å². The Bertz CT molecular complexity index is 633. The van der Waals surface area contributed by atoms with Crippen molar-refractivity contribution in [3.05, 3.63) is 0 Å². The maximum atomic E-state index is 12.1. The maximum Gasteiger partial charge on any atom is 0.260 e. The highest BCUT2D eigenvalue weighted by atomic mass is 16.2. The molecule has 1 aliphatic heterocycles. The first-order chi connectivity index (χ1) is 10.8. The molecule has 4 rings (SSSR count). The van der Waals surface area contributed by atoms with Gasteiger partial charge in [-0.05, 0) is 37.0 Å². The molecule has 3 aliphatic carbocycles. The van der Waals surface area contributed by atoms with Crippen LogP contribution in [0.15, 0.2) is 5.10 Å². The van der Waals surface area contributed by atoms with Crippen molar-refractivity contribution in [3.8, 4) is 0 Å². The lowest BCUT2D eigenvalue weighted by Gasteiger charge is -2.34. The Morgan fingerprint density at radius 2 is 1.91 bits per heavy atom. The SMILES string of the molecule is CC1(C)[C@H]2CC[C@]1(C)/C(=N/NC(=O)CN1C(=O)[C@H]3C[C@@H]3C1=O)C2. The standard InChI is InChI=1S/C17H23N3O3/c1-16(2)9-4-5-17(16,3)12(6-9)18-19-13(21)8-20-14(22)10-7-11(10)15(20)23/h9-11H,4-8H2,1-3H3,(H,19,21)/b18-12+/t9-,10-,11-,17+/m0/s1. The number of piperidine rings is 1. The summed E-state index contributed by atoms with van der Waals surface area (Å²) in [6.07, 6.45) is 3.91. The molecule has 2 bridgehead atoms. The molecule has 0 unspecified atom stereocenters. The normalized spacial score (nSPS) is 41.6. The zero-order valence-electron chi connectivity index (χ0n) is 13.9. The third kappa shape index (κ3) is 1.86. The van der Waals surface area contributed by atoms with E-state index in [1.54, 1.807) is 0 Å². The lowest BCUT2D eigenvalue weighted by molar-refractivity contribution is -0.144. The summed E-state index contributed by atoms with van der Waals surface area (Å²) in [6.45, 7) is 6.59. The molecule has 0 spiro atoms. The molecule has 0 radical (unpaired) electrons. The fourth-order valence-corrected chi connectivity index (χ4v) is 4.81. The van der Waals surface area contributed by atoms with Crippen molar-refractivity contribution in [1.29, 1.82) is 0 Å². The molecule has 0 aromatic rings. The van der Waals surface area contributed by atoms with Crippen LogP contribution in [0.3, 0.4) is 0 Å². The molecule has 1 heterocycles. The number of nitrogens with one attached hydrogen (secondary N) is 1. The molecule has 3 amide bonds. The second kappa shape index (κ2) is 4.42. The zero-order valence-corrected chi connectivity index (χ0v) is 13.9. The third-order valence-corrected chi connectivity index (χ3v) is 7.09. The molecule has 0 aromatic heterocycles. The average molecular weight is 317 g/mol. The summed E-state index contributed by atoms with van der Waals surface area (Å²) in [7, 11) is 0. The summed E-state index contributed by atoms with van der Waals surface area (Å²) in [5, 5.41) is 4.36. The maximum absolute atomic E-state index is 12.1. The minimum Gasteiger partial charge on any atom is -0.274 e. The van der Waals surface area contributed by atoms with Crippen molar-refractivity contribution in [2.45, 2.75) is 46.5 Å². The molecule has 6 heteroatoms. The van der Waals surface area contributed by atoms with Gasteiger partial charge in [0.25, 0.3) is 5.91 Å². The Kier molecular flexibility index (Phi) is 2.86. The smallest absolute Gasteiger partial charge is 0.260 e. The van der Waals surface area contributed by atoms with E-state index in [0.717, 1.165) is 23.5 Å². The van der Waals surface area contributed by atoms with E-state index in [-0.39, 0.29) is 46.9 Å². The zero-order chi connectivity index (χ0) is 16.6. The van der Waals surface area contributed by atoms with E-state index in [9.17, 15) is 14.4 Å². The van der Waals surface area contributed by atoms with Crippen molar-refractivity contribution in [1.82, 2.24) is 10.3 Å². The predicted octanol–water partition coefficient (Wildman–Crippen LogP) is 1.31. The van der Waals surface area contributed by atoms with Crippen LogP contribution in [0.1, 0.15) is 46.5 Å². The Hall–Kier alpha value is -1.72. The summed E-state index contributed by atoms with van der Waals surface area (Å²) in [5.41, 5.74) is 3.86. The molecule has 1 saturated heterocycles. The molecule has 4 atom stereocenters. The van der Waals surface area contributed by atoms with E-state index in [1.807, 2.05) is 0 Å². The van der Waals surface area contributed by atoms with Crippen molar-refractivity contribution in [3.63, 3.8) is 0 Å². The second-order valence-corrected chi connectivity index (χ2v) is 8.30. The summed E-state index contributed by atoms with van der Waals surface area (Å²) in [5.74, 6) is -0.480. The minimum atomic E-state index is -0.385. The summed E-state index contributed by atoms with van der Waals surface area (Å²) in [6, 6.07) is 0. The van der Waals surface area contributed by atoms with Crippen molar-refractivity contribution in [2.75, 3.05) is 6.54 Å². The number of likely N-dealkylation sites (tertiary alicyclic amines) is 1. The van der Waals surface area contributed by atoms with E-state index in [0.29, 0.717) is 12.3 Å². The number of nitrogens with zero attached hydrogens (tertiary/aromatic N) is 2. The molecule has 0 aromatic carbocycles. The van der Waals surface area contributed by atoms with E-state index < -0.39 is 0 Å². The summed E-state index contributed by atoms with van der Waals surface area (Å²) in [4.78, 5) is 36.9. The lowest BCUT2D eigenvalue weighted by atomic mass is 9.70. The number of hydrogen-bond donors (Lipinski definition) is 1. The molecule has 124 valence electrons. The van der Waals surface area contributed by atoms with Gasteiger partial charge in [0.1, 0.15) is 6.54 Å². The van der Waals surface area contributed by atoms with Gasteiger partial charge >= 0.3 is 0 Å². The van der Waals surface area contributed by atoms with Gasteiger partial charge in [-0.15, -0.1) is 0 Å². The molecular weight excluding hydrogens is 294 g/mol. The van der Waals surface area contributed by atoms with Crippen molar-refractivity contribution in [2.24, 2.45) is 33.7 Å². The van der Waals surface area contributed by atoms with Crippen LogP contribution >= 0.6 is 0 Å². The third-order valence-electron chi connectivity index (χ3n) is 7.09. The quantitative estimate of drug-likeness (QED) is 0.629. The molecule has 4 aliphatic rings. The number of carbonyl (C=O) groups excluding carboxylic acids is 3. The highest BCUT2D eigenvalue weighted by Gasteiger charge is 2.60. The van der Waals surface area contributed by atoms with Crippen LogP contribution in [0.4, 0.5) is 0 Å². The van der Waals surface area contributed by atoms with E-state index >= 15 is 0 Å². The van der Waals surface area contributed by atoms with Crippen molar-refractivity contribution >= 4 is 23.4 Å². The minimum absolute atomic E-state index is 0.0336. The van der Waals surface area contributed by atoms with E-state index in [4.69, 9.17) is 0 Å². The van der Waals surface area contributed by atoms with Gasteiger partial charge in [-0.3, -0.25) is 19.3 Å². The number of rotatable bonds is 3. The molecular formula is C17H23N3O3. The van der Waals surface area contributed by atoms with Crippen LogP contribution in [0, 0.1) is 28.6 Å². The molecule has 23 heavy (non-hydrogen) atoms. The second-order valence-electron chi connectivity index (χ2n) is 8.30. The van der Waals surface area contributed by atoms with Gasteiger partial charge in [-0.2, -0.15) is 5.10 Å². The van der Waals surface area contributed by atoms with Crippen LogP contribution in [0.5, 0.6) is 0 Å². The van der Waals surface area contributed by atoms with Gasteiger partial charge in [-0.25, -0.2) is 5.43 Å². The Morgan fingerprint density at radius 1 is 1.26 bits per heavy atom. The number of fused-ring (bicyclic) bond motifs is 3. The number of carbonyl (C=O) groups is 3. The fourth-order valence-electron chi connectivity index (χ4n) is 4.81. The molecule has 6 nitrogen and oxygen atoms in total. The van der Waals surface area contributed by atoms with Crippen LogP contribution in [-0.2, 0) is 14.4 Å². The predicted molar refractivity (Wildman–Crippen MR) is 83.1 cm³/mol. The molecule has 1 N–H and O–H groups in total.